The number of aryl methyl sites for hydroxylation is 2. The third-order valence-corrected chi connectivity index (χ3v) is 4.00. The van der Waals surface area contributed by atoms with Crippen molar-refractivity contribution in [1.29, 1.82) is 0 Å². The van der Waals surface area contributed by atoms with E-state index in [0.717, 1.165) is 23.4 Å². The lowest BCUT2D eigenvalue weighted by atomic mass is 10.1. The molecular weight excluding hydrogens is 318 g/mol. The molecule has 0 bridgehead atoms. The number of carbonyl (C=O) groups excluding carboxylic acids is 1. The van der Waals surface area contributed by atoms with Gasteiger partial charge in [-0.25, -0.2) is 9.97 Å². The summed E-state index contributed by atoms with van der Waals surface area (Å²) in [6.45, 7) is 4.43. The second-order valence-electron chi connectivity index (χ2n) is 4.95. The van der Waals surface area contributed by atoms with Gasteiger partial charge in [0.05, 0.1) is 5.75 Å². The zero-order valence-electron chi connectivity index (χ0n) is 12.6. The standard InChI is InChI=1S/C16H18ClN3OS/c1-11-8-12(2)20-16(19-11)22-10-15(21)18-7-6-13-4-3-5-14(17)9-13/h3-5,8-9H,6-7,10H2,1-2H3,(H,18,21). The summed E-state index contributed by atoms with van der Waals surface area (Å²) in [6.07, 6.45) is 0.761. The number of benzene rings is 1. The molecule has 0 unspecified atom stereocenters. The number of aromatic nitrogens is 2. The van der Waals surface area contributed by atoms with E-state index in [-0.39, 0.29) is 5.91 Å². The van der Waals surface area contributed by atoms with E-state index in [0.29, 0.717) is 22.5 Å². The van der Waals surface area contributed by atoms with Crippen molar-refractivity contribution in [3.63, 3.8) is 0 Å². The molecule has 0 saturated heterocycles. The van der Waals surface area contributed by atoms with Gasteiger partial charge in [-0.15, -0.1) is 0 Å². The second-order valence-corrected chi connectivity index (χ2v) is 6.33. The Labute approximate surface area is 139 Å². The molecule has 22 heavy (non-hydrogen) atoms. The number of nitrogens with zero attached hydrogens (tertiary/aromatic N) is 2. The van der Waals surface area contributed by atoms with Gasteiger partial charge in [-0.05, 0) is 44.0 Å². The van der Waals surface area contributed by atoms with E-state index in [1.165, 1.54) is 11.8 Å². The zero-order valence-corrected chi connectivity index (χ0v) is 14.2. The summed E-state index contributed by atoms with van der Waals surface area (Å²) in [7, 11) is 0. The third kappa shape index (κ3) is 5.66. The van der Waals surface area contributed by atoms with Gasteiger partial charge in [-0.3, -0.25) is 4.79 Å². The lowest BCUT2D eigenvalue weighted by Gasteiger charge is -2.06. The van der Waals surface area contributed by atoms with Crippen LogP contribution >= 0.6 is 23.4 Å². The van der Waals surface area contributed by atoms with E-state index in [4.69, 9.17) is 11.6 Å². The predicted octanol–water partition coefficient (Wildman–Crippen LogP) is 3.20. The van der Waals surface area contributed by atoms with E-state index in [1.807, 2.05) is 44.2 Å². The van der Waals surface area contributed by atoms with Crippen LogP contribution in [0.4, 0.5) is 0 Å². The van der Waals surface area contributed by atoms with Gasteiger partial charge in [0.1, 0.15) is 0 Å². The first-order valence-electron chi connectivity index (χ1n) is 6.99. The Morgan fingerprint density at radius 1 is 1.23 bits per heavy atom. The summed E-state index contributed by atoms with van der Waals surface area (Å²) in [6, 6.07) is 9.56. The lowest BCUT2D eigenvalue weighted by Crippen LogP contribution is -2.27. The normalized spacial score (nSPS) is 10.5. The van der Waals surface area contributed by atoms with Crippen molar-refractivity contribution >= 4 is 29.3 Å². The zero-order chi connectivity index (χ0) is 15.9. The highest BCUT2D eigenvalue weighted by Gasteiger charge is 2.06. The number of thioether (sulfide) groups is 1. The molecule has 1 aromatic carbocycles. The van der Waals surface area contributed by atoms with Crippen LogP contribution in [0.15, 0.2) is 35.5 Å². The van der Waals surface area contributed by atoms with Crippen molar-refractivity contribution in [2.75, 3.05) is 12.3 Å². The summed E-state index contributed by atoms with van der Waals surface area (Å²) in [4.78, 5) is 20.4. The fraction of sp³-hybridized carbons (Fsp3) is 0.312. The van der Waals surface area contributed by atoms with Gasteiger partial charge in [0, 0.05) is 23.0 Å². The quantitative estimate of drug-likeness (QED) is 0.650. The Hall–Kier alpha value is -1.59. The maximum Gasteiger partial charge on any atom is 0.230 e. The van der Waals surface area contributed by atoms with Crippen molar-refractivity contribution in [2.45, 2.75) is 25.4 Å². The van der Waals surface area contributed by atoms with Crippen LogP contribution in [-0.2, 0) is 11.2 Å². The lowest BCUT2D eigenvalue weighted by molar-refractivity contribution is -0.118. The van der Waals surface area contributed by atoms with Crippen molar-refractivity contribution in [3.05, 3.63) is 52.3 Å². The molecule has 2 aromatic rings. The summed E-state index contributed by atoms with van der Waals surface area (Å²) >= 11 is 7.27. The van der Waals surface area contributed by atoms with Crippen LogP contribution in [0.2, 0.25) is 5.02 Å². The Kier molecular flexibility index (Phi) is 6.21. The molecule has 0 aliphatic heterocycles. The molecule has 0 spiro atoms. The molecule has 1 aromatic heterocycles. The smallest absolute Gasteiger partial charge is 0.230 e. The first kappa shape index (κ1) is 16.8. The first-order chi connectivity index (χ1) is 10.5. The van der Waals surface area contributed by atoms with Crippen molar-refractivity contribution in [1.82, 2.24) is 15.3 Å². The van der Waals surface area contributed by atoms with Crippen LogP contribution in [0.25, 0.3) is 0 Å². The number of halogens is 1. The molecule has 0 saturated carbocycles. The molecule has 2 rings (SSSR count). The van der Waals surface area contributed by atoms with Gasteiger partial charge in [-0.1, -0.05) is 35.5 Å². The monoisotopic (exact) mass is 335 g/mol. The number of amides is 1. The maximum absolute atomic E-state index is 11.8. The SMILES string of the molecule is Cc1cc(C)nc(SCC(=O)NCCc2cccc(Cl)c2)n1. The number of carbonyl (C=O) groups is 1. The fourth-order valence-electron chi connectivity index (χ4n) is 1.98. The van der Waals surface area contributed by atoms with Gasteiger partial charge >= 0.3 is 0 Å². The summed E-state index contributed by atoms with van der Waals surface area (Å²) in [5.74, 6) is 0.299. The van der Waals surface area contributed by atoms with Crippen LogP contribution in [-0.4, -0.2) is 28.2 Å². The van der Waals surface area contributed by atoms with Crippen LogP contribution in [0, 0.1) is 13.8 Å². The average molecular weight is 336 g/mol. The second kappa shape index (κ2) is 8.15. The molecule has 1 N–H and O–H groups in total. The van der Waals surface area contributed by atoms with Crippen molar-refractivity contribution < 1.29 is 4.79 Å². The minimum Gasteiger partial charge on any atom is -0.355 e. The van der Waals surface area contributed by atoms with Gasteiger partial charge in [-0.2, -0.15) is 0 Å². The third-order valence-electron chi connectivity index (χ3n) is 2.92. The van der Waals surface area contributed by atoms with E-state index >= 15 is 0 Å². The minimum absolute atomic E-state index is 0.0187. The Balaban J connectivity index is 1.74. The van der Waals surface area contributed by atoms with Crippen molar-refractivity contribution in [2.24, 2.45) is 0 Å². The van der Waals surface area contributed by atoms with E-state index in [1.54, 1.807) is 0 Å². The Morgan fingerprint density at radius 2 is 1.95 bits per heavy atom. The van der Waals surface area contributed by atoms with Gasteiger partial charge in [0.25, 0.3) is 0 Å². The molecule has 0 atom stereocenters. The largest absolute Gasteiger partial charge is 0.355 e. The summed E-state index contributed by atoms with van der Waals surface area (Å²) in [5.41, 5.74) is 2.94. The number of nitrogens with one attached hydrogen (secondary N) is 1. The van der Waals surface area contributed by atoms with Gasteiger partial charge in [0.2, 0.25) is 5.91 Å². The van der Waals surface area contributed by atoms with E-state index in [2.05, 4.69) is 15.3 Å². The van der Waals surface area contributed by atoms with Crippen LogP contribution in [0.3, 0.4) is 0 Å². The molecule has 0 radical (unpaired) electrons. The maximum atomic E-state index is 11.8. The molecule has 4 nitrogen and oxygen atoms in total. The summed E-state index contributed by atoms with van der Waals surface area (Å²) in [5, 5.41) is 4.25. The molecular formula is C16H18ClN3OS. The number of rotatable bonds is 6. The van der Waals surface area contributed by atoms with Crippen molar-refractivity contribution in [3.8, 4) is 0 Å². The van der Waals surface area contributed by atoms with E-state index < -0.39 is 0 Å². The first-order valence-corrected chi connectivity index (χ1v) is 8.35. The molecule has 6 heteroatoms. The van der Waals surface area contributed by atoms with E-state index in [9.17, 15) is 4.79 Å². The minimum atomic E-state index is -0.0187. The molecule has 1 amide bonds. The number of hydrogen-bond donors (Lipinski definition) is 1. The highest BCUT2D eigenvalue weighted by molar-refractivity contribution is 7.99. The van der Waals surface area contributed by atoms with Crippen LogP contribution in [0.5, 0.6) is 0 Å². The Morgan fingerprint density at radius 3 is 2.64 bits per heavy atom. The Bertz CT molecular complexity index is 643. The predicted molar refractivity (Wildman–Crippen MR) is 90.4 cm³/mol. The molecule has 0 aliphatic carbocycles. The summed E-state index contributed by atoms with van der Waals surface area (Å²) < 4.78 is 0. The topological polar surface area (TPSA) is 54.9 Å². The fourth-order valence-corrected chi connectivity index (χ4v) is 2.97. The molecule has 0 fully saturated rings. The number of hydrogen-bond acceptors (Lipinski definition) is 4. The van der Waals surface area contributed by atoms with Crippen LogP contribution in [0.1, 0.15) is 17.0 Å². The van der Waals surface area contributed by atoms with Crippen LogP contribution < -0.4 is 5.32 Å². The van der Waals surface area contributed by atoms with Gasteiger partial charge < -0.3 is 5.32 Å². The average Bonchev–Trinajstić information content (AvgIpc) is 2.44. The highest BCUT2D eigenvalue weighted by Crippen LogP contribution is 2.14. The molecule has 0 aliphatic rings. The molecule has 116 valence electrons. The van der Waals surface area contributed by atoms with Gasteiger partial charge in [0.15, 0.2) is 5.16 Å². The molecule has 1 heterocycles. The highest BCUT2D eigenvalue weighted by atomic mass is 35.5.